The number of ether oxygens (including phenoxy) is 1. The highest BCUT2D eigenvalue weighted by Gasteiger charge is 2.32. The Kier molecular flexibility index (Phi) is 4.62. The molecule has 5 nitrogen and oxygen atoms in total. The zero-order valence-corrected chi connectivity index (χ0v) is 12.0. The van der Waals surface area contributed by atoms with Crippen LogP contribution in [0.4, 0.5) is 0 Å². The summed E-state index contributed by atoms with van der Waals surface area (Å²) < 4.78 is 10.8. The van der Waals surface area contributed by atoms with E-state index in [1.807, 2.05) is 6.92 Å². The van der Waals surface area contributed by atoms with Crippen LogP contribution in [0.15, 0.2) is 4.52 Å². The molecule has 0 saturated heterocycles. The summed E-state index contributed by atoms with van der Waals surface area (Å²) in [5.41, 5.74) is -0.128. The molecule has 1 heterocycles. The standard InChI is InChI=1S/C13H22N2O3/c1-7-17-10(13(4,5)6)11-14-12(18-15-11)8(2)9(3)16/h8,10H,7H2,1-6H3. The first-order valence-corrected chi connectivity index (χ1v) is 6.23. The zero-order valence-electron chi connectivity index (χ0n) is 12.0. The van der Waals surface area contributed by atoms with Crippen molar-refractivity contribution in [3.05, 3.63) is 11.7 Å². The number of carbonyl (C=O) groups excluding carboxylic acids is 1. The van der Waals surface area contributed by atoms with Gasteiger partial charge in [0.2, 0.25) is 11.7 Å². The summed E-state index contributed by atoms with van der Waals surface area (Å²) >= 11 is 0. The molecule has 0 aliphatic heterocycles. The third-order valence-electron chi connectivity index (χ3n) is 2.79. The normalized spacial score (nSPS) is 15.4. The van der Waals surface area contributed by atoms with Crippen LogP contribution in [0.3, 0.4) is 0 Å². The second-order valence-electron chi connectivity index (χ2n) is 5.52. The monoisotopic (exact) mass is 254 g/mol. The average molecular weight is 254 g/mol. The van der Waals surface area contributed by atoms with Crippen molar-refractivity contribution in [1.82, 2.24) is 10.1 Å². The van der Waals surface area contributed by atoms with Crippen LogP contribution in [0.1, 0.15) is 65.3 Å². The summed E-state index contributed by atoms with van der Waals surface area (Å²) in [7, 11) is 0. The van der Waals surface area contributed by atoms with Gasteiger partial charge in [-0.05, 0) is 26.2 Å². The number of hydrogen-bond acceptors (Lipinski definition) is 5. The Morgan fingerprint density at radius 1 is 1.44 bits per heavy atom. The molecule has 0 N–H and O–H groups in total. The molecule has 102 valence electrons. The number of ketones is 1. The minimum atomic E-state index is -0.367. The molecule has 1 rings (SSSR count). The molecular formula is C13H22N2O3. The number of nitrogens with zero attached hydrogens (tertiary/aromatic N) is 2. The van der Waals surface area contributed by atoms with Crippen LogP contribution >= 0.6 is 0 Å². The second-order valence-corrected chi connectivity index (χ2v) is 5.52. The van der Waals surface area contributed by atoms with E-state index in [4.69, 9.17) is 9.26 Å². The minimum Gasteiger partial charge on any atom is -0.370 e. The van der Waals surface area contributed by atoms with E-state index < -0.39 is 0 Å². The van der Waals surface area contributed by atoms with Crippen molar-refractivity contribution in [2.24, 2.45) is 5.41 Å². The topological polar surface area (TPSA) is 65.2 Å². The maximum Gasteiger partial charge on any atom is 0.237 e. The number of Topliss-reactive ketones (excluding diaryl/α,β-unsaturated/α-hetero) is 1. The van der Waals surface area contributed by atoms with Crippen LogP contribution < -0.4 is 0 Å². The van der Waals surface area contributed by atoms with Crippen LogP contribution in [0, 0.1) is 5.41 Å². The maximum atomic E-state index is 11.3. The van der Waals surface area contributed by atoms with E-state index in [2.05, 4.69) is 30.9 Å². The van der Waals surface area contributed by atoms with Gasteiger partial charge >= 0.3 is 0 Å². The van der Waals surface area contributed by atoms with E-state index >= 15 is 0 Å². The van der Waals surface area contributed by atoms with E-state index in [1.54, 1.807) is 6.92 Å². The molecule has 2 atom stereocenters. The van der Waals surface area contributed by atoms with E-state index in [1.165, 1.54) is 6.92 Å². The quantitative estimate of drug-likeness (QED) is 0.808. The minimum absolute atomic E-state index is 0.00826. The molecular weight excluding hydrogens is 232 g/mol. The molecule has 5 heteroatoms. The molecule has 0 bridgehead atoms. The molecule has 0 radical (unpaired) electrons. The van der Waals surface area contributed by atoms with Gasteiger partial charge in [-0.25, -0.2) is 0 Å². The highest BCUT2D eigenvalue weighted by molar-refractivity contribution is 5.81. The van der Waals surface area contributed by atoms with Crippen molar-refractivity contribution in [2.45, 2.75) is 53.6 Å². The highest BCUT2D eigenvalue weighted by atomic mass is 16.5. The molecule has 0 aromatic carbocycles. The molecule has 0 spiro atoms. The van der Waals surface area contributed by atoms with E-state index in [0.717, 1.165) is 0 Å². The average Bonchev–Trinajstić information content (AvgIpc) is 2.71. The van der Waals surface area contributed by atoms with Gasteiger partial charge in [0.1, 0.15) is 11.9 Å². The molecule has 1 aromatic rings. The van der Waals surface area contributed by atoms with Crippen LogP contribution in [0.2, 0.25) is 0 Å². The molecule has 2 unspecified atom stereocenters. The van der Waals surface area contributed by atoms with Gasteiger partial charge in [-0.1, -0.05) is 25.9 Å². The van der Waals surface area contributed by atoms with E-state index in [-0.39, 0.29) is 23.2 Å². The van der Waals surface area contributed by atoms with Gasteiger partial charge in [-0.2, -0.15) is 4.98 Å². The van der Waals surface area contributed by atoms with Gasteiger partial charge in [0, 0.05) is 6.61 Å². The van der Waals surface area contributed by atoms with Gasteiger partial charge in [0.25, 0.3) is 0 Å². The number of carbonyl (C=O) groups is 1. The molecule has 0 fully saturated rings. The van der Waals surface area contributed by atoms with Crippen molar-refractivity contribution in [2.75, 3.05) is 6.61 Å². The fraction of sp³-hybridized carbons (Fsp3) is 0.769. The summed E-state index contributed by atoms with van der Waals surface area (Å²) in [4.78, 5) is 15.6. The third-order valence-corrected chi connectivity index (χ3v) is 2.79. The molecule has 0 amide bonds. The van der Waals surface area contributed by atoms with E-state index in [9.17, 15) is 4.79 Å². The summed E-state index contributed by atoms with van der Waals surface area (Å²) in [5.74, 6) is 0.501. The summed E-state index contributed by atoms with van der Waals surface area (Å²) in [5, 5.41) is 3.94. The summed E-state index contributed by atoms with van der Waals surface area (Å²) in [6, 6.07) is 0. The molecule has 0 aliphatic rings. The number of rotatable bonds is 5. The van der Waals surface area contributed by atoms with Crippen LogP contribution in [-0.2, 0) is 9.53 Å². The van der Waals surface area contributed by atoms with Gasteiger partial charge < -0.3 is 9.26 Å². The number of aromatic nitrogens is 2. The van der Waals surface area contributed by atoms with Crippen molar-refractivity contribution in [1.29, 1.82) is 0 Å². The Labute approximate surface area is 108 Å². The maximum absolute atomic E-state index is 11.3. The Morgan fingerprint density at radius 2 is 2.06 bits per heavy atom. The van der Waals surface area contributed by atoms with Crippen molar-refractivity contribution in [3.8, 4) is 0 Å². The van der Waals surface area contributed by atoms with Gasteiger partial charge in [-0.3, -0.25) is 4.79 Å². The second kappa shape index (κ2) is 5.61. The summed E-state index contributed by atoms with van der Waals surface area (Å²) in [6.45, 7) is 11.9. The van der Waals surface area contributed by atoms with Crippen molar-refractivity contribution in [3.63, 3.8) is 0 Å². The Bertz CT molecular complexity index is 407. The van der Waals surface area contributed by atoms with Gasteiger partial charge in [-0.15, -0.1) is 0 Å². The number of hydrogen-bond donors (Lipinski definition) is 0. The Morgan fingerprint density at radius 3 is 2.50 bits per heavy atom. The Balaban J connectivity index is 2.98. The SMILES string of the molecule is CCOC(c1noc(C(C)C(C)=O)n1)C(C)(C)C. The molecule has 1 aromatic heterocycles. The lowest BCUT2D eigenvalue weighted by atomic mass is 9.88. The first kappa shape index (κ1) is 14.8. The van der Waals surface area contributed by atoms with Crippen LogP contribution in [0.25, 0.3) is 0 Å². The molecule has 18 heavy (non-hydrogen) atoms. The zero-order chi connectivity index (χ0) is 13.9. The lowest BCUT2D eigenvalue weighted by Gasteiger charge is -2.27. The van der Waals surface area contributed by atoms with Crippen LogP contribution in [0.5, 0.6) is 0 Å². The van der Waals surface area contributed by atoms with Gasteiger partial charge in [0.15, 0.2) is 0 Å². The van der Waals surface area contributed by atoms with Crippen LogP contribution in [-0.4, -0.2) is 22.5 Å². The smallest absolute Gasteiger partial charge is 0.237 e. The fourth-order valence-corrected chi connectivity index (χ4v) is 1.58. The first-order valence-electron chi connectivity index (χ1n) is 6.23. The first-order chi connectivity index (χ1) is 8.27. The van der Waals surface area contributed by atoms with Crippen molar-refractivity contribution < 1.29 is 14.1 Å². The molecule has 0 aliphatic carbocycles. The van der Waals surface area contributed by atoms with Crippen molar-refractivity contribution >= 4 is 5.78 Å². The molecule has 0 saturated carbocycles. The Hall–Kier alpha value is -1.23. The summed E-state index contributed by atoms with van der Waals surface area (Å²) in [6.07, 6.45) is -0.237. The predicted octanol–water partition coefficient (Wildman–Crippen LogP) is 2.89. The lowest BCUT2D eigenvalue weighted by molar-refractivity contribution is -0.118. The van der Waals surface area contributed by atoms with Gasteiger partial charge in [0.05, 0.1) is 5.92 Å². The lowest BCUT2D eigenvalue weighted by Crippen LogP contribution is -2.22. The third kappa shape index (κ3) is 3.38. The predicted molar refractivity (Wildman–Crippen MR) is 67.2 cm³/mol. The van der Waals surface area contributed by atoms with E-state index in [0.29, 0.717) is 18.3 Å². The largest absolute Gasteiger partial charge is 0.370 e. The highest BCUT2D eigenvalue weighted by Crippen LogP contribution is 2.34. The fourth-order valence-electron chi connectivity index (χ4n) is 1.58.